The highest BCUT2D eigenvalue weighted by Gasteiger charge is 2.28. The lowest BCUT2D eigenvalue weighted by molar-refractivity contribution is -0.384. The number of hydrogen-bond donors (Lipinski definition) is 3. The Balaban J connectivity index is 2.90. The molecule has 21 heavy (non-hydrogen) atoms. The molecule has 0 heterocycles. The van der Waals surface area contributed by atoms with Gasteiger partial charge in [0.05, 0.1) is 16.2 Å². The van der Waals surface area contributed by atoms with Gasteiger partial charge in [-0.2, -0.15) is 13.2 Å². The monoisotopic (exact) mass is 307 g/mol. The summed E-state index contributed by atoms with van der Waals surface area (Å²) in [6, 6.07) is 1.21. The lowest BCUT2D eigenvalue weighted by Gasteiger charge is -2.11. The van der Waals surface area contributed by atoms with Crippen LogP contribution in [0, 0.1) is 10.1 Å². The molecule has 0 spiro atoms. The van der Waals surface area contributed by atoms with Crippen molar-refractivity contribution in [3.8, 4) is 0 Å². The quantitative estimate of drug-likeness (QED) is 0.580. The van der Waals surface area contributed by atoms with Crippen LogP contribution in [0.1, 0.15) is 10.4 Å². The van der Waals surface area contributed by atoms with Crippen molar-refractivity contribution in [1.29, 1.82) is 0 Å². The first-order valence-corrected chi connectivity index (χ1v) is 5.23. The molecule has 11 heteroatoms. The number of halogens is 3. The summed E-state index contributed by atoms with van der Waals surface area (Å²) >= 11 is 0. The number of benzene rings is 1. The number of carboxylic acid groups (broad SMARTS) is 1. The van der Waals surface area contributed by atoms with Gasteiger partial charge in [0.1, 0.15) is 6.54 Å². The van der Waals surface area contributed by atoms with Crippen molar-refractivity contribution < 1.29 is 32.8 Å². The number of non-ortho nitro benzene ring substituents is 1. The number of aromatic carboxylic acids is 1. The zero-order valence-electron chi connectivity index (χ0n) is 10.1. The summed E-state index contributed by atoms with van der Waals surface area (Å²) in [5.41, 5.74) is -1.52. The van der Waals surface area contributed by atoms with Crippen molar-refractivity contribution in [1.82, 2.24) is 5.32 Å². The van der Waals surface area contributed by atoms with E-state index in [2.05, 4.69) is 0 Å². The molecule has 0 saturated carbocycles. The molecule has 0 atom stereocenters. The Bertz CT molecular complexity index is 588. The summed E-state index contributed by atoms with van der Waals surface area (Å²) in [5.74, 6) is -1.58. The molecule has 1 aromatic rings. The standard InChI is InChI=1S/C10H8F3N3O5/c11-10(12,13)4-14-9(19)15-7-2-1-5(16(20)21)3-6(7)8(17)18/h1-3H,4H2,(H,17,18)(H2,14,15,19). The van der Waals surface area contributed by atoms with Crippen molar-refractivity contribution in [3.63, 3.8) is 0 Å². The van der Waals surface area contributed by atoms with E-state index in [1.807, 2.05) is 5.32 Å². The normalized spacial score (nSPS) is 10.8. The summed E-state index contributed by atoms with van der Waals surface area (Å²) < 4.78 is 35.7. The minimum atomic E-state index is -4.62. The van der Waals surface area contributed by atoms with Crippen molar-refractivity contribution in [2.24, 2.45) is 0 Å². The van der Waals surface area contributed by atoms with E-state index in [0.717, 1.165) is 12.1 Å². The number of hydrogen-bond acceptors (Lipinski definition) is 4. The molecular formula is C10H8F3N3O5. The number of carbonyl (C=O) groups excluding carboxylic acids is 1. The SMILES string of the molecule is O=C(NCC(F)(F)F)Nc1ccc([N+](=O)[O-])cc1C(=O)O. The summed E-state index contributed by atoms with van der Waals surface area (Å²) in [4.78, 5) is 31.8. The van der Waals surface area contributed by atoms with Crippen LogP contribution in [0.3, 0.4) is 0 Å². The fraction of sp³-hybridized carbons (Fsp3) is 0.200. The van der Waals surface area contributed by atoms with E-state index in [1.165, 1.54) is 5.32 Å². The number of carboxylic acids is 1. The van der Waals surface area contributed by atoms with Gasteiger partial charge in [-0.3, -0.25) is 10.1 Å². The highest BCUT2D eigenvalue weighted by Crippen LogP contribution is 2.22. The smallest absolute Gasteiger partial charge is 0.405 e. The molecule has 3 N–H and O–H groups in total. The van der Waals surface area contributed by atoms with Gasteiger partial charge in [0.2, 0.25) is 0 Å². The molecule has 0 aliphatic carbocycles. The minimum Gasteiger partial charge on any atom is -0.478 e. The molecule has 1 rings (SSSR count). The maximum absolute atomic E-state index is 11.9. The van der Waals surface area contributed by atoms with Gasteiger partial charge in [-0.1, -0.05) is 0 Å². The summed E-state index contributed by atoms with van der Waals surface area (Å²) in [7, 11) is 0. The van der Waals surface area contributed by atoms with Crippen molar-refractivity contribution >= 4 is 23.4 Å². The van der Waals surface area contributed by atoms with Crippen LogP contribution in [0.15, 0.2) is 18.2 Å². The van der Waals surface area contributed by atoms with Crippen LogP contribution in [-0.4, -0.2) is 34.8 Å². The summed E-state index contributed by atoms with van der Waals surface area (Å²) in [6.45, 7) is -1.60. The number of urea groups is 1. The Hall–Kier alpha value is -2.85. The second-order valence-corrected chi connectivity index (χ2v) is 3.72. The second-order valence-electron chi connectivity index (χ2n) is 3.72. The maximum atomic E-state index is 11.9. The largest absolute Gasteiger partial charge is 0.478 e. The number of nitrogens with zero attached hydrogens (tertiary/aromatic N) is 1. The molecular weight excluding hydrogens is 299 g/mol. The highest BCUT2D eigenvalue weighted by molar-refractivity contribution is 6.00. The molecule has 1 aromatic carbocycles. The molecule has 0 unspecified atom stereocenters. The number of anilines is 1. The van der Waals surface area contributed by atoms with Crippen molar-refractivity contribution in [3.05, 3.63) is 33.9 Å². The number of carbonyl (C=O) groups is 2. The van der Waals surface area contributed by atoms with Crippen molar-refractivity contribution in [2.75, 3.05) is 11.9 Å². The second kappa shape index (κ2) is 6.07. The number of nitrogens with one attached hydrogen (secondary N) is 2. The Morgan fingerprint density at radius 2 is 1.95 bits per heavy atom. The minimum absolute atomic E-state index is 0.368. The van der Waals surface area contributed by atoms with E-state index in [9.17, 15) is 32.9 Å². The van der Waals surface area contributed by atoms with Gasteiger partial charge in [0, 0.05) is 12.1 Å². The first-order valence-electron chi connectivity index (χ1n) is 5.23. The fourth-order valence-electron chi connectivity index (χ4n) is 1.28. The number of alkyl halides is 3. The molecule has 2 amide bonds. The lowest BCUT2D eigenvalue weighted by atomic mass is 10.1. The maximum Gasteiger partial charge on any atom is 0.405 e. The zero-order chi connectivity index (χ0) is 16.2. The molecule has 0 saturated heterocycles. The summed E-state index contributed by atoms with van der Waals surface area (Å²) in [6.07, 6.45) is -4.62. The molecule has 0 aliphatic heterocycles. The van der Waals surface area contributed by atoms with E-state index in [4.69, 9.17) is 5.11 Å². The van der Waals surface area contributed by atoms with E-state index in [-0.39, 0.29) is 5.69 Å². The predicted octanol–water partition coefficient (Wildman–Crippen LogP) is 1.98. The van der Waals surface area contributed by atoms with Crippen LogP contribution in [0.25, 0.3) is 0 Å². The molecule has 8 nitrogen and oxygen atoms in total. The Labute approximate surface area is 114 Å². The van der Waals surface area contributed by atoms with Crippen LogP contribution in [0.5, 0.6) is 0 Å². The van der Waals surface area contributed by atoms with E-state index >= 15 is 0 Å². The third-order valence-electron chi connectivity index (χ3n) is 2.14. The van der Waals surface area contributed by atoms with E-state index in [1.54, 1.807) is 0 Å². The van der Waals surface area contributed by atoms with Gasteiger partial charge in [-0.25, -0.2) is 9.59 Å². The van der Waals surface area contributed by atoms with Crippen molar-refractivity contribution in [2.45, 2.75) is 6.18 Å². The predicted molar refractivity (Wildman–Crippen MR) is 63.1 cm³/mol. The first-order chi connectivity index (χ1) is 9.60. The van der Waals surface area contributed by atoms with Crippen LogP contribution >= 0.6 is 0 Å². The van der Waals surface area contributed by atoms with E-state index in [0.29, 0.717) is 6.07 Å². The average Bonchev–Trinajstić information content (AvgIpc) is 2.35. The van der Waals surface area contributed by atoms with Crippen LogP contribution in [0.4, 0.5) is 29.3 Å². The number of nitro groups is 1. The van der Waals surface area contributed by atoms with Gasteiger partial charge < -0.3 is 15.7 Å². The topological polar surface area (TPSA) is 122 Å². The first kappa shape index (κ1) is 16.2. The van der Waals surface area contributed by atoms with Gasteiger partial charge in [-0.15, -0.1) is 0 Å². The zero-order valence-corrected chi connectivity index (χ0v) is 10.1. The molecule has 114 valence electrons. The average molecular weight is 307 g/mol. The van der Waals surface area contributed by atoms with Gasteiger partial charge in [0.15, 0.2) is 0 Å². The molecule has 0 aromatic heterocycles. The molecule has 0 bridgehead atoms. The number of nitro benzene ring substituents is 1. The van der Waals surface area contributed by atoms with Crippen LogP contribution in [0.2, 0.25) is 0 Å². The fourth-order valence-corrected chi connectivity index (χ4v) is 1.28. The molecule has 0 aliphatic rings. The Morgan fingerprint density at radius 1 is 1.33 bits per heavy atom. The highest BCUT2D eigenvalue weighted by atomic mass is 19.4. The summed E-state index contributed by atoms with van der Waals surface area (Å²) in [5, 5.41) is 22.7. The molecule has 0 radical (unpaired) electrons. The van der Waals surface area contributed by atoms with Gasteiger partial charge >= 0.3 is 18.2 Å². The third kappa shape index (κ3) is 4.97. The number of rotatable bonds is 4. The lowest BCUT2D eigenvalue weighted by Crippen LogP contribution is -2.36. The van der Waals surface area contributed by atoms with Gasteiger partial charge in [-0.05, 0) is 6.07 Å². The Morgan fingerprint density at radius 3 is 2.43 bits per heavy atom. The Kier molecular flexibility index (Phi) is 4.68. The van der Waals surface area contributed by atoms with E-state index < -0.39 is 40.9 Å². The van der Waals surface area contributed by atoms with Crippen LogP contribution in [-0.2, 0) is 0 Å². The molecule has 0 fully saturated rings. The van der Waals surface area contributed by atoms with Gasteiger partial charge in [0.25, 0.3) is 5.69 Å². The van der Waals surface area contributed by atoms with Crippen LogP contribution < -0.4 is 10.6 Å². The third-order valence-corrected chi connectivity index (χ3v) is 2.14. The number of amides is 2.